The van der Waals surface area contributed by atoms with Gasteiger partial charge in [0.1, 0.15) is 12.1 Å². The fourth-order valence-electron chi connectivity index (χ4n) is 4.25. The number of ether oxygens (including phenoxy) is 1. The lowest BCUT2D eigenvalue weighted by Crippen LogP contribution is -2.51. The molecule has 0 saturated carbocycles. The van der Waals surface area contributed by atoms with Crippen LogP contribution in [0.15, 0.2) is 53.7 Å². The maximum atomic E-state index is 13.1. The number of aryl methyl sites for hydroxylation is 2. The summed E-state index contributed by atoms with van der Waals surface area (Å²) in [5.74, 6) is 0.382. The number of carbonyl (C=O) groups excluding carboxylic acids is 1. The van der Waals surface area contributed by atoms with E-state index in [-0.39, 0.29) is 25.6 Å². The molecule has 0 atom stereocenters. The molecule has 0 radical (unpaired) electrons. The number of fused-ring (bicyclic) bond motifs is 1. The van der Waals surface area contributed by atoms with Gasteiger partial charge in [-0.25, -0.2) is 13.1 Å². The zero-order valence-corrected chi connectivity index (χ0v) is 18.8. The highest BCUT2D eigenvalue weighted by molar-refractivity contribution is 7.89. The number of amides is 1. The van der Waals surface area contributed by atoms with Crippen LogP contribution in [0, 0.1) is 0 Å². The van der Waals surface area contributed by atoms with Crippen molar-refractivity contribution in [3.05, 3.63) is 59.9 Å². The van der Waals surface area contributed by atoms with Crippen molar-refractivity contribution in [2.75, 3.05) is 32.8 Å². The second kappa shape index (κ2) is 8.91. The van der Waals surface area contributed by atoms with Gasteiger partial charge in [0.25, 0.3) is 5.91 Å². The quantitative estimate of drug-likeness (QED) is 0.532. The largest absolute Gasteiger partial charge is 0.484 e. The first-order valence-electron chi connectivity index (χ1n) is 10.9. The molecule has 0 bridgehead atoms. The van der Waals surface area contributed by atoms with Crippen molar-refractivity contribution in [3.63, 3.8) is 0 Å². The summed E-state index contributed by atoms with van der Waals surface area (Å²) in [4.78, 5) is 14.6. The molecule has 11 heteroatoms. The Morgan fingerprint density at radius 1 is 0.970 bits per heavy atom. The van der Waals surface area contributed by atoms with Gasteiger partial charge in [-0.1, -0.05) is 6.07 Å². The monoisotopic (exact) mass is 468 g/mol. The lowest BCUT2D eigenvalue weighted by atomic mass is 10.1. The fraction of sp³-hybridized carbons (Fsp3) is 0.364. The Morgan fingerprint density at radius 2 is 1.73 bits per heavy atom. The van der Waals surface area contributed by atoms with Crippen LogP contribution in [-0.4, -0.2) is 76.5 Å². The van der Waals surface area contributed by atoms with Crippen LogP contribution >= 0.6 is 0 Å². The van der Waals surface area contributed by atoms with Crippen LogP contribution in [0.2, 0.25) is 0 Å². The normalized spacial score (nSPS) is 16.5. The van der Waals surface area contributed by atoms with Crippen molar-refractivity contribution in [1.29, 1.82) is 0 Å². The smallest absolute Gasteiger partial charge is 0.260 e. The van der Waals surface area contributed by atoms with Crippen LogP contribution < -0.4 is 4.74 Å². The van der Waals surface area contributed by atoms with E-state index in [0.29, 0.717) is 23.7 Å². The Balaban J connectivity index is 1.14. The average Bonchev–Trinajstić information content (AvgIpc) is 3.55. The number of benzene rings is 2. The molecule has 2 aliphatic rings. The molecule has 1 fully saturated rings. The molecule has 1 aliphatic carbocycles. The van der Waals surface area contributed by atoms with E-state index in [1.54, 1.807) is 35.2 Å². The molecular formula is C22H24N6O4S. The number of hydrogen-bond acceptors (Lipinski definition) is 7. The van der Waals surface area contributed by atoms with Gasteiger partial charge in [-0.05, 0) is 77.2 Å². The van der Waals surface area contributed by atoms with Crippen LogP contribution in [0.3, 0.4) is 0 Å². The van der Waals surface area contributed by atoms with Crippen molar-refractivity contribution in [2.45, 2.75) is 24.2 Å². The van der Waals surface area contributed by atoms with E-state index in [9.17, 15) is 13.2 Å². The van der Waals surface area contributed by atoms with Crippen molar-refractivity contribution in [2.24, 2.45) is 0 Å². The SMILES string of the molecule is O=C(COc1ccc(-n2cnnn2)cc1)N1CCN(S(=O)(=O)c2ccc3c(c2)CCC3)CC1. The van der Waals surface area contributed by atoms with Crippen LogP contribution in [0.4, 0.5) is 0 Å². The number of tetrazole rings is 1. The second-order valence-electron chi connectivity index (χ2n) is 8.11. The molecule has 3 aromatic rings. The van der Waals surface area contributed by atoms with E-state index in [1.165, 1.54) is 20.9 Å². The molecule has 10 nitrogen and oxygen atoms in total. The summed E-state index contributed by atoms with van der Waals surface area (Å²) in [6, 6.07) is 12.5. The Morgan fingerprint density at radius 3 is 2.45 bits per heavy atom. The van der Waals surface area contributed by atoms with Gasteiger partial charge in [0.15, 0.2) is 6.61 Å². The van der Waals surface area contributed by atoms with Gasteiger partial charge in [-0.15, -0.1) is 5.10 Å². The van der Waals surface area contributed by atoms with Gasteiger partial charge in [0.05, 0.1) is 10.6 Å². The molecule has 33 heavy (non-hydrogen) atoms. The number of nitrogens with zero attached hydrogens (tertiary/aromatic N) is 6. The predicted octanol–water partition coefficient (Wildman–Crippen LogP) is 1.06. The number of aromatic nitrogens is 4. The maximum absolute atomic E-state index is 13.1. The molecule has 1 amide bonds. The molecule has 2 heterocycles. The van der Waals surface area contributed by atoms with E-state index in [2.05, 4.69) is 15.5 Å². The molecule has 172 valence electrons. The van der Waals surface area contributed by atoms with Gasteiger partial charge in [0, 0.05) is 26.2 Å². The van der Waals surface area contributed by atoms with Crippen LogP contribution in [0.5, 0.6) is 5.75 Å². The van der Waals surface area contributed by atoms with Crippen molar-refractivity contribution >= 4 is 15.9 Å². The minimum Gasteiger partial charge on any atom is -0.484 e. The van der Waals surface area contributed by atoms with Crippen LogP contribution in [0.25, 0.3) is 5.69 Å². The maximum Gasteiger partial charge on any atom is 0.260 e. The van der Waals surface area contributed by atoms with Gasteiger partial charge in [0.2, 0.25) is 10.0 Å². The lowest BCUT2D eigenvalue weighted by molar-refractivity contribution is -0.134. The standard InChI is InChI=1S/C22H24N6O4S/c29-22(15-32-20-7-5-19(6-8-20)28-16-23-24-25-28)26-10-12-27(13-11-26)33(30,31)21-9-4-17-2-1-3-18(17)14-21/h4-9,14,16H,1-3,10-13,15H2. The van der Waals surface area contributed by atoms with Crippen molar-refractivity contribution in [3.8, 4) is 11.4 Å². The van der Waals surface area contributed by atoms with Crippen LogP contribution in [-0.2, 0) is 27.7 Å². The molecule has 1 aliphatic heterocycles. The molecule has 0 N–H and O–H groups in total. The van der Waals surface area contributed by atoms with Crippen molar-refractivity contribution < 1.29 is 17.9 Å². The summed E-state index contributed by atoms with van der Waals surface area (Å²) >= 11 is 0. The molecule has 0 spiro atoms. The summed E-state index contributed by atoms with van der Waals surface area (Å²) in [5, 5.41) is 11.0. The number of hydrogen-bond donors (Lipinski definition) is 0. The summed E-state index contributed by atoms with van der Waals surface area (Å²) < 4.78 is 34.7. The molecule has 0 unspecified atom stereocenters. The molecular weight excluding hydrogens is 444 g/mol. The topological polar surface area (TPSA) is 111 Å². The number of rotatable bonds is 6. The molecule has 1 aromatic heterocycles. The third kappa shape index (κ3) is 4.46. The van der Waals surface area contributed by atoms with Gasteiger partial charge in [-0.2, -0.15) is 4.31 Å². The van der Waals surface area contributed by atoms with E-state index >= 15 is 0 Å². The van der Waals surface area contributed by atoms with E-state index in [0.717, 1.165) is 30.5 Å². The minimum absolute atomic E-state index is 0.109. The van der Waals surface area contributed by atoms with E-state index in [4.69, 9.17) is 4.74 Å². The first-order chi connectivity index (χ1) is 16.0. The third-order valence-electron chi connectivity index (χ3n) is 6.11. The summed E-state index contributed by atoms with van der Waals surface area (Å²) in [6.07, 6.45) is 4.51. The average molecular weight is 469 g/mol. The second-order valence-corrected chi connectivity index (χ2v) is 10.0. The molecule has 5 rings (SSSR count). The van der Waals surface area contributed by atoms with Gasteiger partial charge >= 0.3 is 0 Å². The third-order valence-corrected chi connectivity index (χ3v) is 8.01. The first-order valence-corrected chi connectivity index (χ1v) is 12.3. The van der Waals surface area contributed by atoms with Gasteiger partial charge < -0.3 is 9.64 Å². The molecule has 1 saturated heterocycles. The van der Waals surface area contributed by atoms with Gasteiger partial charge in [-0.3, -0.25) is 4.79 Å². The number of piperazine rings is 1. The number of carbonyl (C=O) groups is 1. The Bertz CT molecular complexity index is 1240. The molecule has 2 aromatic carbocycles. The lowest BCUT2D eigenvalue weighted by Gasteiger charge is -2.34. The number of sulfonamides is 1. The predicted molar refractivity (Wildman–Crippen MR) is 118 cm³/mol. The highest BCUT2D eigenvalue weighted by Gasteiger charge is 2.31. The zero-order valence-electron chi connectivity index (χ0n) is 18.0. The summed E-state index contributed by atoms with van der Waals surface area (Å²) in [7, 11) is -3.56. The van der Waals surface area contributed by atoms with Crippen molar-refractivity contribution in [1.82, 2.24) is 29.4 Å². The highest BCUT2D eigenvalue weighted by atomic mass is 32.2. The summed E-state index contributed by atoms with van der Waals surface area (Å²) in [5.41, 5.74) is 3.15. The van der Waals surface area contributed by atoms with E-state index < -0.39 is 10.0 Å². The Hall–Kier alpha value is -3.31. The zero-order chi connectivity index (χ0) is 22.8. The van der Waals surface area contributed by atoms with Crippen LogP contribution in [0.1, 0.15) is 17.5 Å². The minimum atomic E-state index is -3.56. The Kier molecular flexibility index (Phi) is 5.81. The first kappa shape index (κ1) is 21.5. The summed E-state index contributed by atoms with van der Waals surface area (Å²) in [6.45, 7) is 1.11. The Labute approximate surface area is 191 Å². The fourth-order valence-corrected chi connectivity index (χ4v) is 5.72. The van der Waals surface area contributed by atoms with E-state index in [1.807, 2.05) is 12.1 Å². The highest BCUT2D eigenvalue weighted by Crippen LogP contribution is 2.26.